The number of rotatable bonds is 8. The van der Waals surface area contributed by atoms with E-state index in [1.165, 1.54) is 0 Å². The van der Waals surface area contributed by atoms with Crippen LogP contribution in [0.1, 0.15) is 23.9 Å². The molecule has 1 amide bonds. The van der Waals surface area contributed by atoms with Crippen molar-refractivity contribution < 1.29 is 9.53 Å². The van der Waals surface area contributed by atoms with Crippen molar-refractivity contribution in [3.8, 4) is 5.75 Å². The largest absolute Gasteiger partial charge is 0.497 e. The van der Waals surface area contributed by atoms with Crippen molar-refractivity contribution >= 4 is 29.3 Å². The van der Waals surface area contributed by atoms with Crippen molar-refractivity contribution in [1.29, 1.82) is 0 Å². The number of halogens is 1. The maximum atomic E-state index is 12.6. The van der Waals surface area contributed by atoms with Gasteiger partial charge in [-0.3, -0.25) is 4.79 Å². The third kappa shape index (κ3) is 5.30. The highest BCUT2D eigenvalue weighted by Gasteiger charge is 2.21. The van der Waals surface area contributed by atoms with E-state index in [0.29, 0.717) is 17.2 Å². The Bertz CT molecular complexity index is 927. The summed E-state index contributed by atoms with van der Waals surface area (Å²) in [6.45, 7) is 0. The second kappa shape index (κ2) is 9.66. The smallest absolute Gasteiger partial charge is 0.221 e. The highest BCUT2D eigenvalue weighted by molar-refractivity contribution is 7.99. The first-order chi connectivity index (χ1) is 13.6. The van der Waals surface area contributed by atoms with Crippen molar-refractivity contribution in [2.75, 3.05) is 12.9 Å². The molecule has 146 valence electrons. The number of imidazole rings is 1. The monoisotopic (exact) mass is 415 g/mol. The SMILES string of the molecule is COc1cccc([C@@H](NC(=O)CCSc2ccc(Cl)cc2)c2nccn2C)c1. The standard InChI is InChI=1S/C21H22ClN3O2S/c1-25-12-11-23-21(25)20(15-4-3-5-17(14-15)27-2)24-19(26)10-13-28-18-8-6-16(22)7-9-18/h3-9,11-12,14,20H,10,13H2,1-2H3,(H,24,26)/t20-/m1/s1. The summed E-state index contributed by atoms with van der Waals surface area (Å²) in [5.41, 5.74) is 0.923. The molecule has 0 bridgehead atoms. The highest BCUT2D eigenvalue weighted by Crippen LogP contribution is 2.25. The van der Waals surface area contributed by atoms with E-state index < -0.39 is 0 Å². The summed E-state index contributed by atoms with van der Waals surface area (Å²) in [4.78, 5) is 18.1. The quantitative estimate of drug-likeness (QED) is 0.551. The molecule has 3 rings (SSSR count). The number of carbonyl (C=O) groups excluding carboxylic acids is 1. The van der Waals surface area contributed by atoms with Gasteiger partial charge in [0.2, 0.25) is 5.91 Å². The first-order valence-electron chi connectivity index (χ1n) is 8.85. The molecule has 0 fully saturated rings. The van der Waals surface area contributed by atoms with Crippen LogP contribution in [0.15, 0.2) is 65.8 Å². The van der Waals surface area contributed by atoms with Crippen LogP contribution in [0.2, 0.25) is 5.02 Å². The van der Waals surface area contributed by atoms with Gasteiger partial charge < -0.3 is 14.6 Å². The molecule has 28 heavy (non-hydrogen) atoms. The second-order valence-electron chi connectivity index (χ2n) is 6.23. The number of hydrogen-bond donors (Lipinski definition) is 1. The average Bonchev–Trinajstić information content (AvgIpc) is 3.13. The van der Waals surface area contributed by atoms with Crippen LogP contribution in [0.25, 0.3) is 0 Å². The summed E-state index contributed by atoms with van der Waals surface area (Å²) in [5.74, 6) is 2.16. The Balaban J connectivity index is 1.67. The number of benzene rings is 2. The third-order valence-corrected chi connectivity index (χ3v) is 5.53. The van der Waals surface area contributed by atoms with E-state index in [4.69, 9.17) is 16.3 Å². The summed E-state index contributed by atoms with van der Waals surface area (Å²) < 4.78 is 7.24. The Kier molecular flexibility index (Phi) is 7.01. The Morgan fingerprint density at radius 2 is 2.07 bits per heavy atom. The maximum absolute atomic E-state index is 12.6. The lowest BCUT2D eigenvalue weighted by Crippen LogP contribution is -2.31. The van der Waals surface area contributed by atoms with Crippen molar-refractivity contribution in [3.05, 3.63) is 77.3 Å². The van der Waals surface area contributed by atoms with Crippen LogP contribution < -0.4 is 10.1 Å². The zero-order valence-electron chi connectivity index (χ0n) is 15.8. The molecular formula is C21H22ClN3O2S. The minimum atomic E-state index is -0.344. The summed E-state index contributed by atoms with van der Waals surface area (Å²) in [7, 11) is 3.54. The molecule has 0 unspecified atom stereocenters. The van der Waals surface area contributed by atoms with E-state index in [-0.39, 0.29) is 11.9 Å². The lowest BCUT2D eigenvalue weighted by molar-refractivity contribution is -0.121. The molecule has 1 N–H and O–H groups in total. The van der Waals surface area contributed by atoms with Gasteiger partial charge in [0.05, 0.1) is 7.11 Å². The maximum Gasteiger partial charge on any atom is 0.221 e. The number of aromatic nitrogens is 2. The minimum absolute atomic E-state index is 0.0303. The number of amides is 1. The van der Waals surface area contributed by atoms with Crippen molar-refractivity contribution in [3.63, 3.8) is 0 Å². The molecule has 2 aromatic carbocycles. The molecule has 0 saturated carbocycles. The van der Waals surface area contributed by atoms with Crippen LogP contribution in [0.5, 0.6) is 5.75 Å². The molecule has 0 aliphatic rings. The van der Waals surface area contributed by atoms with E-state index in [2.05, 4.69) is 10.3 Å². The van der Waals surface area contributed by atoms with E-state index in [0.717, 1.165) is 22.0 Å². The fourth-order valence-electron chi connectivity index (χ4n) is 2.80. The lowest BCUT2D eigenvalue weighted by atomic mass is 10.1. The van der Waals surface area contributed by atoms with Crippen LogP contribution >= 0.6 is 23.4 Å². The summed E-state index contributed by atoms with van der Waals surface area (Å²) >= 11 is 7.53. The molecule has 1 aromatic heterocycles. The minimum Gasteiger partial charge on any atom is -0.497 e. The predicted molar refractivity (Wildman–Crippen MR) is 113 cm³/mol. The van der Waals surface area contributed by atoms with Gasteiger partial charge in [-0.1, -0.05) is 23.7 Å². The van der Waals surface area contributed by atoms with Crippen molar-refractivity contribution in [1.82, 2.24) is 14.9 Å². The molecule has 5 nitrogen and oxygen atoms in total. The van der Waals surface area contributed by atoms with E-state index in [1.807, 2.05) is 66.3 Å². The first kappa shape index (κ1) is 20.3. The molecule has 0 radical (unpaired) electrons. The zero-order valence-corrected chi connectivity index (χ0v) is 17.3. The number of nitrogens with zero attached hydrogens (tertiary/aromatic N) is 2. The van der Waals surface area contributed by atoms with Gasteiger partial charge in [-0.2, -0.15) is 0 Å². The molecule has 7 heteroatoms. The predicted octanol–water partition coefficient (Wildman–Crippen LogP) is 4.47. The van der Waals surface area contributed by atoms with Crippen molar-refractivity contribution in [2.24, 2.45) is 7.05 Å². The Labute approximate surface area is 174 Å². The van der Waals surface area contributed by atoms with E-state index in [1.54, 1.807) is 25.1 Å². The van der Waals surface area contributed by atoms with Gasteiger partial charge in [0, 0.05) is 41.5 Å². The number of thioether (sulfide) groups is 1. The Morgan fingerprint density at radius 1 is 1.29 bits per heavy atom. The van der Waals surface area contributed by atoms with Gasteiger partial charge in [-0.25, -0.2) is 4.98 Å². The fourth-order valence-corrected chi connectivity index (χ4v) is 3.78. The summed E-state index contributed by atoms with van der Waals surface area (Å²) in [6, 6.07) is 14.9. The molecule has 0 saturated heterocycles. The number of ether oxygens (including phenoxy) is 1. The number of nitrogens with one attached hydrogen (secondary N) is 1. The lowest BCUT2D eigenvalue weighted by Gasteiger charge is -2.19. The van der Waals surface area contributed by atoms with Gasteiger partial charge in [-0.15, -0.1) is 11.8 Å². The summed E-state index contributed by atoms with van der Waals surface area (Å²) in [5, 5.41) is 3.82. The van der Waals surface area contributed by atoms with Gasteiger partial charge in [0.1, 0.15) is 17.6 Å². The number of aryl methyl sites for hydroxylation is 1. The number of carbonyl (C=O) groups is 1. The zero-order chi connectivity index (χ0) is 19.9. The Morgan fingerprint density at radius 3 is 2.75 bits per heavy atom. The normalized spacial score (nSPS) is 11.8. The third-order valence-electron chi connectivity index (χ3n) is 4.26. The van der Waals surface area contributed by atoms with E-state index in [9.17, 15) is 4.79 Å². The van der Waals surface area contributed by atoms with Gasteiger partial charge in [0.15, 0.2) is 0 Å². The van der Waals surface area contributed by atoms with Crippen LogP contribution in [-0.2, 0) is 11.8 Å². The highest BCUT2D eigenvalue weighted by atomic mass is 35.5. The number of hydrogen-bond acceptors (Lipinski definition) is 4. The molecule has 1 heterocycles. The fraction of sp³-hybridized carbons (Fsp3) is 0.238. The molecular weight excluding hydrogens is 394 g/mol. The van der Waals surface area contributed by atoms with E-state index >= 15 is 0 Å². The second-order valence-corrected chi connectivity index (χ2v) is 7.83. The average molecular weight is 416 g/mol. The van der Waals surface area contributed by atoms with Gasteiger partial charge >= 0.3 is 0 Å². The molecule has 3 aromatic rings. The first-order valence-corrected chi connectivity index (χ1v) is 10.2. The Hall–Kier alpha value is -2.44. The van der Waals surface area contributed by atoms with Crippen LogP contribution in [-0.4, -0.2) is 28.3 Å². The molecule has 1 atom stereocenters. The van der Waals surface area contributed by atoms with Gasteiger partial charge in [-0.05, 0) is 42.0 Å². The molecule has 0 aliphatic heterocycles. The summed E-state index contributed by atoms with van der Waals surface area (Å²) in [6.07, 6.45) is 3.99. The topological polar surface area (TPSA) is 56.1 Å². The van der Waals surface area contributed by atoms with Crippen molar-refractivity contribution in [2.45, 2.75) is 17.4 Å². The van der Waals surface area contributed by atoms with Gasteiger partial charge in [0.25, 0.3) is 0 Å². The number of methoxy groups -OCH3 is 1. The molecule has 0 aliphatic carbocycles. The van der Waals surface area contributed by atoms with Crippen LogP contribution in [0.4, 0.5) is 0 Å². The van der Waals surface area contributed by atoms with Crippen LogP contribution in [0, 0.1) is 0 Å². The molecule has 0 spiro atoms. The van der Waals surface area contributed by atoms with Crippen LogP contribution in [0.3, 0.4) is 0 Å².